The molecule has 2 aromatic rings. The van der Waals surface area contributed by atoms with Gasteiger partial charge in [0, 0.05) is 0 Å². The summed E-state index contributed by atoms with van der Waals surface area (Å²) in [5.41, 5.74) is 0.452. The normalized spacial score (nSPS) is 12.5. The molecule has 1 aromatic carbocycles. The first-order valence-electron chi connectivity index (χ1n) is 5.31. The fourth-order valence-electron chi connectivity index (χ4n) is 1.34. The van der Waals surface area contributed by atoms with Gasteiger partial charge < -0.3 is 4.74 Å². The van der Waals surface area contributed by atoms with Crippen molar-refractivity contribution < 1.29 is 26.7 Å². The third-order valence-electron chi connectivity index (χ3n) is 2.28. The first kappa shape index (κ1) is 14.2. The number of aromatic nitrogens is 3. The number of alkyl halides is 5. The maximum Gasteiger partial charge on any atom is 0.499 e. The van der Waals surface area contributed by atoms with Gasteiger partial charge in [0.2, 0.25) is 0 Å². The molecule has 2 rings (SSSR count). The molecular weight excluding hydrogens is 285 g/mol. The molecule has 0 aliphatic carbocycles. The highest BCUT2D eigenvalue weighted by Crippen LogP contribution is 2.37. The van der Waals surface area contributed by atoms with Gasteiger partial charge in [-0.15, -0.1) is 0 Å². The predicted molar refractivity (Wildman–Crippen MR) is 57.7 cm³/mol. The summed E-state index contributed by atoms with van der Waals surface area (Å²) >= 11 is 0. The van der Waals surface area contributed by atoms with E-state index in [0.29, 0.717) is 11.5 Å². The lowest BCUT2D eigenvalue weighted by Gasteiger charge is -2.20. The smallest absolute Gasteiger partial charge is 0.426 e. The van der Waals surface area contributed by atoms with Crippen LogP contribution in [0, 0.1) is 6.92 Å². The highest BCUT2D eigenvalue weighted by atomic mass is 19.4. The molecule has 20 heavy (non-hydrogen) atoms. The zero-order valence-corrected chi connectivity index (χ0v) is 10.0. The molecular formula is C11H8F5N3O. The Bertz CT molecular complexity index is 591. The third-order valence-corrected chi connectivity index (χ3v) is 2.28. The molecule has 0 radical (unpaired) electrons. The highest BCUT2D eigenvalue weighted by Gasteiger charge is 2.61. The van der Waals surface area contributed by atoms with Gasteiger partial charge in [0.1, 0.15) is 17.9 Å². The highest BCUT2D eigenvalue weighted by molar-refractivity contribution is 5.36. The van der Waals surface area contributed by atoms with E-state index in [1.807, 2.05) is 0 Å². The third kappa shape index (κ3) is 2.86. The number of benzene rings is 1. The Kier molecular flexibility index (Phi) is 3.36. The van der Waals surface area contributed by atoms with Crippen molar-refractivity contribution in [1.29, 1.82) is 0 Å². The van der Waals surface area contributed by atoms with Crippen molar-refractivity contribution in [2.45, 2.75) is 19.2 Å². The lowest BCUT2D eigenvalue weighted by atomic mass is 10.3. The number of rotatable bonds is 3. The van der Waals surface area contributed by atoms with Crippen molar-refractivity contribution in [3.8, 4) is 11.4 Å². The van der Waals surface area contributed by atoms with E-state index in [-0.39, 0.29) is 0 Å². The quantitative estimate of drug-likeness (QED) is 0.816. The molecule has 0 atom stereocenters. The minimum Gasteiger partial charge on any atom is -0.426 e. The molecule has 0 aliphatic rings. The second-order valence-corrected chi connectivity index (χ2v) is 3.85. The SMILES string of the molecule is Cc1ncn(-c2ccc(OC(F)(F)C(F)(F)F)cc2)n1. The molecule has 4 nitrogen and oxygen atoms in total. The van der Waals surface area contributed by atoms with Crippen LogP contribution >= 0.6 is 0 Å². The van der Waals surface area contributed by atoms with Gasteiger partial charge in [-0.25, -0.2) is 9.67 Å². The fourth-order valence-corrected chi connectivity index (χ4v) is 1.34. The molecule has 0 fully saturated rings. The summed E-state index contributed by atoms with van der Waals surface area (Å²) in [4.78, 5) is 3.86. The first-order chi connectivity index (χ1) is 9.19. The number of hydrogen-bond acceptors (Lipinski definition) is 3. The largest absolute Gasteiger partial charge is 0.499 e. The molecule has 9 heteroatoms. The van der Waals surface area contributed by atoms with Crippen LogP contribution in [0.2, 0.25) is 0 Å². The van der Waals surface area contributed by atoms with E-state index < -0.39 is 18.0 Å². The Morgan fingerprint density at radius 3 is 2.10 bits per heavy atom. The van der Waals surface area contributed by atoms with Crippen LogP contribution in [-0.2, 0) is 0 Å². The molecule has 0 saturated carbocycles. The Morgan fingerprint density at radius 2 is 1.65 bits per heavy atom. The van der Waals surface area contributed by atoms with Crippen LogP contribution in [0.15, 0.2) is 30.6 Å². The standard InChI is InChI=1S/C11H8F5N3O/c1-7-17-6-19(18-7)8-2-4-9(5-3-8)20-11(15,16)10(12,13)14/h2-6H,1H3. The topological polar surface area (TPSA) is 39.9 Å². The van der Waals surface area contributed by atoms with Crippen molar-refractivity contribution in [2.24, 2.45) is 0 Å². The number of aryl methyl sites for hydroxylation is 1. The molecule has 0 amide bonds. The monoisotopic (exact) mass is 293 g/mol. The Morgan fingerprint density at radius 1 is 1.05 bits per heavy atom. The van der Waals surface area contributed by atoms with Crippen LogP contribution in [0.25, 0.3) is 5.69 Å². The molecule has 108 valence electrons. The minimum absolute atomic E-state index is 0.452. The molecule has 0 unspecified atom stereocenters. The van der Waals surface area contributed by atoms with Crippen molar-refractivity contribution in [1.82, 2.24) is 14.8 Å². The van der Waals surface area contributed by atoms with Gasteiger partial charge in [-0.05, 0) is 31.2 Å². The maximum atomic E-state index is 12.7. The molecule has 0 saturated heterocycles. The summed E-state index contributed by atoms with van der Waals surface area (Å²) in [5, 5.41) is 3.96. The van der Waals surface area contributed by atoms with Crippen molar-refractivity contribution in [3.05, 3.63) is 36.4 Å². The first-order valence-corrected chi connectivity index (χ1v) is 5.31. The second kappa shape index (κ2) is 4.73. The van der Waals surface area contributed by atoms with Gasteiger partial charge in [0.15, 0.2) is 0 Å². The van der Waals surface area contributed by atoms with Gasteiger partial charge in [-0.1, -0.05) is 0 Å². The lowest BCUT2D eigenvalue weighted by molar-refractivity contribution is -0.360. The molecule has 1 heterocycles. The molecule has 0 aliphatic heterocycles. The van der Waals surface area contributed by atoms with Gasteiger partial charge in [-0.3, -0.25) is 0 Å². The second-order valence-electron chi connectivity index (χ2n) is 3.85. The summed E-state index contributed by atoms with van der Waals surface area (Å²) in [7, 11) is 0. The molecule has 0 bridgehead atoms. The van der Waals surface area contributed by atoms with Crippen LogP contribution in [-0.4, -0.2) is 27.0 Å². The average Bonchev–Trinajstić information content (AvgIpc) is 2.75. The van der Waals surface area contributed by atoms with E-state index in [4.69, 9.17) is 0 Å². The molecule has 0 spiro atoms. The van der Waals surface area contributed by atoms with Crippen LogP contribution in [0.1, 0.15) is 5.82 Å². The number of nitrogens with zero attached hydrogens (tertiary/aromatic N) is 3. The van der Waals surface area contributed by atoms with Gasteiger partial charge in [0.05, 0.1) is 5.69 Å². The van der Waals surface area contributed by atoms with E-state index in [2.05, 4.69) is 14.8 Å². The number of ether oxygens (including phenoxy) is 1. The number of hydrogen-bond donors (Lipinski definition) is 0. The summed E-state index contributed by atoms with van der Waals surface area (Å²) in [5.74, 6) is -0.109. The lowest BCUT2D eigenvalue weighted by Crippen LogP contribution is -2.41. The van der Waals surface area contributed by atoms with Gasteiger partial charge >= 0.3 is 12.3 Å². The summed E-state index contributed by atoms with van der Waals surface area (Å²) in [6.45, 7) is 1.65. The van der Waals surface area contributed by atoms with E-state index in [9.17, 15) is 22.0 Å². The number of halogens is 5. The Labute approximate surface area is 109 Å². The summed E-state index contributed by atoms with van der Waals surface area (Å²) in [6.07, 6.45) is -9.62. The summed E-state index contributed by atoms with van der Waals surface area (Å²) < 4.78 is 66.2. The van der Waals surface area contributed by atoms with E-state index in [1.54, 1.807) is 6.92 Å². The zero-order valence-electron chi connectivity index (χ0n) is 10.0. The van der Waals surface area contributed by atoms with Crippen LogP contribution in [0.3, 0.4) is 0 Å². The van der Waals surface area contributed by atoms with Crippen molar-refractivity contribution in [2.75, 3.05) is 0 Å². The Hall–Kier alpha value is -2.19. The predicted octanol–water partition coefficient (Wildman–Crippen LogP) is 3.11. The molecule has 1 aromatic heterocycles. The van der Waals surface area contributed by atoms with Crippen molar-refractivity contribution >= 4 is 0 Å². The minimum atomic E-state index is -5.77. The Balaban J connectivity index is 2.17. The van der Waals surface area contributed by atoms with E-state index in [0.717, 1.165) is 12.1 Å². The van der Waals surface area contributed by atoms with Crippen LogP contribution in [0.5, 0.6) is 5.75 Å². The van der Waals surface area contributed by atoms with Gasteiger partial charge in [-0.2, -0.15) is 27.1 Å². The van der Waals surface area contributed by atoms with E-state index in [1.165, 1.54) is 23.1 Å². The fraction of sp³-hybridized carbons (Fsp3) is 0.273. The summed E-state index contributed by atoms with van der Waals surface area (Å²) in [6, 6.07) is 4.56. The average molecular weight is 293 g/mol. The van der Waals surface area contributed by atoms with E-state index >= 15 is 0 Å². The zero-order chi connectivity index (χ0) is 15.0. The van der Waals surface area contributed by atoms with Crippen LogP contribution in [0.4, 0.5) is 22.0 Å². The molecule has 0 N–H and O–H groups in total. The van der Waals surface area contributed by atoms with Gasteiger partial charge in [0.25, 0.3) is 0 Å². The maximum absolute atomic E-state index is 12.7. The van der Waals surface area contributed by atoms with Crippen molar-refractivity contribution in [3.63, 3.8) is 0 Å². The van der Waals surface area contributed by atoms with Crippen LogP contribution < -0.4 is 4.74 Å².